The number of benzene rings is 2. The van der Waals surface area contributed by atoms with E-state index < -0.39 is 0 Å². The van der Waals surface area contributed by atoms with E-state index >= 15 is 0 Å². The van der Waals surface area contributed by atoms with Gasteiger partial charge in [-0.15, -0.1) is 0 Å². The second kappa shape index (κ2) is 8.72. The molecule has 24 heavy (non-hydrogen) atoms. The molecule has 2 N–H and O–H groups in total. The molecule has 2 amide bonds. The maximum Gasteiger partial charge on any atom is 0.258 e. The number of rotatable bonds is 7. The molecule has 0 aliphatic rings. The molecule has 126 valence electrons. The maximum absolute atomic E-state index is 11.9. The Hall–Kier alpha value is -2.82. The van der Waals surface area contributed by atoms with Gasteiger partial charge in [-0.2, -0.15) is 0 Å². The highest BCUT2D eigenvalue weighted by Gasteiger charge is 2.06. The third-order valence-corrected chi connectivity index (χ3v) is 3.65. The summed E-state index contributed by atoms with van der Waals surface area (Å²) >= 11 is 0. The number of aryl methyl sites for hydroxylation is 1. The highest BCUT2D eigenvalue weighted by atomic mass is 16.5. The van der Waals surface area contributed by atoms with Gasteiger partial charge in [0.15, 0.2) is 6.61 Å². The normalized spacial score (nSPS) is 10.1. The Bertz CT molecular complexity index is 696. The molecule has 0 heterocycles. The molecule has 0 aliphatic heterocycles. The summed E-state index contributed by atoms with van der Waals surface area (Å²) in [5, 5.41) is 5.37. The molecule has 0 spiro atoms. The van der Waals surface area contributed by atoms with Crippen LogP contribution in [-0.4, -0.2) is 25.5 Å². The first-order valence-corrected chi connectivity index (χ1v) is 7.92. The van der Waals surface area contributed by atoms with Crippen molar-refractivity contribution in [2.24, 2.45) is 0 Å². The number of hydrogen-bond donors (Lipinski definition) is 2. The Morgan fingerprint density at radius 2 is 1.75 bits per heavy atom. The second-order valence-electron chi connectivity index (χ2n) is 5.30. The van der Waals surface area contributed by atoms with Crippen molar-refractivity contribution >= 4 is 11.8 Å². The van der Waals surface area contributed by atoms with Gasteiger partial charge in [-0.05, 0) is 35.7 Å². The number of para-hydroxylation sites is 1. The summed E-state index contributed by atoms with van der Waals surface area (Å²) in [6, 6.07) is 14.8. The summed E-state index contributed by atoms with van der Waals surface area (Å²) in [6.07, 6.45) is 0.857. The van der Waals surface area contributed by atoms with E-state index in [1.54, 1.807) is 19.2 Å². The number of nitrogens with one attached hydrogen (secondary N) is 2. The van der Waals surface area contributed by atoms with Crippen LogP contribution in [0.3, 0.4) is 0 Å². The third kappa shape index (κ3) is 4.84. The fraction of sp³-hybridized carbons (Fsp3) is 0.263. The molecule has 5 heteroatoms. The molecule has 0 aromatic heterocycles. The van der Waals surface area contributed by atoms with Crippen molar-refractivity contribution in [3.05, 3.63) is 65.2 Å². The van der Waals surface area contributed by atoms with E-state index in [2.05, 4.69) is 10.6 Å². The zero-order valence-corrected chi connectivity index (χ0v) is 14.0. The fourth-order valence-electron chi connectivity index (χ4n) is 2.25. The molecule has 0 aliphatic carbocycles. The van der Waals surface area contributed by atoms with Crippen LogP contribution in [-0.2, 0) is 17.8 Å². The lowest BCUT2D eigenvalue weighted by atomic mass is 10.1. The summed E-state index contributed by atoms with van der Waals surface area (Å²) in [6.45, 7) is 2.42. The second-order valence-corrected chi connectivity index (χ2v) is 5.30. The van der Waals surface area contributed by atoms with Gasteiger partial charge in [0, 0.05) is 19.2 Å². The summed E-state index contributed by atoms with van der Waals surface area (Å²) in [5.41, 5.74) is 2.59. The van der Waals surface area contributed by atoms with Crippen LogP contribution < -0.4 is 15.4 Å². The van der Waals surface area contributed by atoms with Crippen molar-refractivity contribution in [1.29, 1.82) is 0 Å². The average Bonchev–Trinajstić information content (AvgIpc) is 2.64. The molecule has 0 fully saturated rings. The van der Waals surface area contributed by atoms with E-state index in [1.165, 1.54) is 0 Å². The van der Waals surface area contributed by atoms with Crippen LogP contribution in [0.4, 0.5) is 0 Å². The highest BCUT2D eigenvalue weighted by molar-refractivity contribution is 5.93. The lowest BCUT2D eigenvalue weighted by Crippen LogP contribution is -2.28. The van der Waals surface area contributed by atoms with Crippen molar-refractivity contribution in [2.75, 3.05) is 13.7 Å². The molecule has 5 nitrogen and oxygen atoms in total. The van der Waals surface area contributed by atoms with Crippen LogP contribution in [0.5, 0.6) is 5.75 Å². The number of carbonyl (C=O) groups excluding carboxylic acids is 2. The summed E-state index contributed by atoms with van der Waals surface area (Å²) in [7, 11) is 1.59. The van der Waals surface area contributed by atoms with E-state index in [1.807, 2.05) is 43.3 Å². The standard InChI is InChI=1S/C19H22N2O3/c1-3-15-6-4-5-7-17(15)24-13-18(22)21-12-14-8-10-16(11-9-14)19(23)20-2/h4-11H,3,12-13H2,1-2H3,(H,20,23)(H,21,22). The van der Waals surface area contributed by atoms with Gasteiger partial charge in [-0.1, -0.05) is 37.3 Å². The van der Waals surface area contributed by atoms with Gasteiger partial charge in [0.1, 0.15) is 5.75 Å². The molecule has 0 unspecified atom stereocenters. The summed E-state index contributed by atoms with van der Waals surface area (Å²) in [5.74, 6) is 0.426. The monoisotopic (exact) mass is 326 g/mol. The molecule has 0 radical (unpaired) electrons. The Balaban J connectivity index is 1.82. The predicted octanol–water partition coefficient (Wildman–Crippen LogP) is 2.30. The van der Waals surface area contributed by atoms with E-state index in [4.69, 9.17) is 4.74 Å². The van der Waals surface area contributed by atoms with E-state index in [0.717, 1.165) is 23.3 Å². The van der Waals surface area contributed by atoms with Crippen molar-refractivity contribution in [3.63, 3.8) is 0 Å². The zero-order valence-electron chi connectivity index (χ0n) is 14.0. The molecular weight excluding hydrogens is 304 g/mol. The van der Waals surface area contributed by atoms with Crippen molar-refractivity contribution < 1.29 is 14.3 Å². The van der Waals surface area contributed by atoms with Gasteiger partial charge >= 0.3 is 0 Å². The predicted molar refractivity (Wildman–Crippen MR) is 93.0 cm³/mol. The minimum absolute atomic E-state index is 0.0205. The van der Waals surface area contributed by atoms with E-state index in [9.17, 15) is 9.59 Å². The number of amides is 2. The lowest BCUT2D eigenvalue weighted by Gasteiger charge is -2.10. The SMILES string of the molecule is CCc1ccccc1OCC(=O)NCc1ccc(C(=O)NC)cc1. The smallest absolute Gasteiger partial charge is 0.258 e. The minimum Gasteiger partial charge on any atom is -0.483 e. The van der Waals surface area contributed by atoms with Crippen LogP contribution in [0.2, 0.25) is 0 Å². The van der Waals surface area contributed by atoms with Crippen LogP contribution in [0.15, 0.2) is 48.5 Å². The molecule has 0 bridgehead atoms. The maximum atomic E-state index is 11.9. The zero-order chi connectivity index (χ0) is 17.4. The quantitative estimate of drug-likeness (QED) is 0.820. The number of hydrogen-bond acceptors (Lipinski definition) is 3. The Morgan fingerprint density at radius 3 is 2.42 bits per heavy atom. The largest absolute Gasteiger partial charge is 0.483 e. The van der Waals surface area contributed by atoms with Gasteiger partial charge in [0.25, 0.3) is 11.8 Å². The Labute approximate surface area is 142 Å². The van der Waals surface area contributed by atoms with Gasteiger partial charge in [-0.3, -0.25) is 9.59 Å². The molecule has 0 saturated carbocycles. The average molecular weight is 326 g/mol. The molecule has 2 rings (SSSR count). The van der Waals surface area contributed by atoms with Gasteiger partial charge < -0.3 is 15.4 Å². The van der Waals surface area contributed by atoms with E-state index in [-0.39, 0.29) is 18.4 Å². The van der Waals surface area contributed by atoms with Gasteiger partial charge in [0.05, 0.1) is 0 Å². The molecule has 2 aromatic rings. The van der Waals surface area contributed by atoms with Gasteiger partial charge in [0.2, 0.25) is 0 Å². The lowest BCUT2D eigenvalue weighted by molar-refractivity contribution is -0.123. The minimum atomic E-state index is -0.184. The first kappa shape index (κ1) is 17.5. The van der Waals surface area contributed by atoms with E-state index in [0.29, 0.717) is 12.1 Å². The van der Waals surface area contributed by atoms with Crippen molar-refractivity contribution in [1.82, 2.24) is 10.6 Å². The van der Waals surface area contributed by atoms with Crippen LogP contribution >= 0.6 is 0 Å². The van der Waals surface area contributed by atoms with Gasteiger partial charge in [-0.25, -0.2) is 0 Å². The molecule has 0 atom stereocenters. The van der Waals surface area contributed by atoms with Crippen molar-refractivity contribution in [3.8, 4) is 5.75 Å². The summed E-state index contributed by atoms with van der Waals surface area (Å²) < 4.78 is 5.58. The molecule has 0 saturated heterocycles. The van der Waals surface area contributed by atoms with Crippen LogP contribution in [0.25, 0.3) is 0 Å². The number of ether oxygens (including phenoxy) is 1. The first-order chi connectivity index (χ1) is 11.6. The highest BCUT2D eigenvalue weighted by Crippen LogP contribution is 2.17. The Kier molecular flexibility index (Phi) is 6.37. The molecule has 2 aromatic carbocycles. The fourth-order valence-corrected chi connectivity index (χ4v) is 2.25. The van der Waals surface area contributed by atoms with Crippen LogP contribution in [0.1, 0.15) is 28.4 Å². The van der Waals surface area contributed by atoms with Crippen molar-refractivity contribution in [2.45, 2.75) is 19.9 Å². The molecular formula is C19H22N2O3. The number of carbonyl (C=O) groups is 2. The summed E-state index contributed by atoms with van der Waals surface area (Å²) in [4.78, 5) is 23.4. The first-order valence-electron chi connectivity index (χ1n) is 7.92. The topological polar surface area (TPSA) is 67.4 Å². The third-order valence-electron chi connectivity index (χ3n) is 3.65. The Morgan fingerprint density at radius 1 is 1.04 bits per heavy atom. The van der Waals surface area contributed by atoms with Crippen LogP contribution in [0, 0.1) is 0 Å².